The number of hydrogen-bond donors (Lipinski definition) is 0. The van der Waals surface area contributed by atoms with E-state index in [1.807, 2.05) is 5.01 Å². The van der Waals surface area contributed by atoms with Crippen molar-refractivity contribution in [3.05, 3.63) is 48.5 Å². The normalized spacial score (nSPS) is 16.6. The number of para-hydroxylation sites is 1. The number of imidazole rings is 1. The molecule has 0 bridgehead atoms. The van der Waals surface area contributed by atoms with E-state index < -0.39 is 6.36 Å². The molecule has 0 saturated carbocycles. The third kappa shape index (κ3) is 4.74. The number of rotatable bonds is 3. The van der Waals surface area contributed by atoms with E-state index in [1.165, 1.54) is 18.5 Å². The minimum atomic E-state index is -4.77. The van der Waals surface area contributed by atoms with Crippen LogP contribution in [0.3, 0.4) is 0 Å². The smallest absolute Gasteiger partial charge is 0.405 e. The van der Waals surface area contributed by atoms with Gasteiger partial charge in [-0.15, -0.1) is 13.2 Å². The molecule has 5 nitrogen and oxygen atoms in total. The highest BCUT2D eigenvalue weighted by molar-refractivity contribution is 6.02. The van der Waals surface area contributed by atoms with Gasteiger partial charge in [-0.1, -0.05) is 25.0 Å². The molecule has 1 fully saturated rings. The van der Waals surface area contributed by atoms with Crippen LogP contribution in [0.4, 0.5) is 13.2 Å². The zero-order chi connectivity index (χ0) is 17.7. The third-order valence-electron chi connectivity index (χ3n) is 3.92. The molecule has 2 aromatic rings. The second-order valence-corrected chi connectivity index (χ2v) is 5.81. The van der Waals surface area contributed by atoms with E-state index in [0.29, 0.717) is 5.84 Å². The molecule has 1 aliphatic rings. The fraction of sp³-hybridized carbons (Fsp3) is 0.412. The van der Waals surface area contributed by atoms with Crippen LogP contribution in [0.15, 0.2) is 48.1 Å². The Bertz CT molecular complexity index is 705. The number of halogens is 3. The van der Waals surface area contributed by atoms with Crippen molar-refractivity contribution in [3.63, 3.8) is 0 Å². The lowest BCUT2D eigenvalue weighted by Crippen LogP contribution is -2.25. The molecular weight excluding hydrogens is 333 g/mol. The maximum Gasteiger partial charge on any atom is 0.573 e. The molecule has 0 unspecified atom stereocenters. The number of benzene rings is 1. The number of aromatic nitrogens is 2. The second-order valence-electron chi connectivity index (χ2n) is 5.81. The van der Waals surface area contributed by atoms with E-state index in [4.69, 9.17) is 0 Å². The van der Waals surface area contributed by atoms with Gasteiger partial charge in [0, 0.05) is 25.5 Å². The number of ether oxygens (including phenoxy) is 1. The van der Waals surface area contributed by atoms with Gasteiger partial charge in [0.25, 0.3) is 0 Å². The highest BCUT2D eigenvalue weighted by Gasteiger charge is 2.32. The van der Waals surface area contributed by atoms with Crippen LogP contribution in [0.25, 0.3) is 0 Å². The van der Waals surface area contributed by atoms with Gasteiger partial charge in [-0.25, -0.2) is 4.98 Å². The minimum absolute atomic E-state index is 0.266. The quantitative estimate of drug-likeness (QED) is 0.622. The van der Waals surface area contributed by atoms with Crippen LogP contribution in [0, 0.1) is 0 Å². The Morgan fingerprint density at radius 1 is 1.08 bits per heavy atom. The molecule has 0 spiro atoms. The molecule has 3 rings (SSSR count). The van der Waals surface area contributed by atoms with Gasteiger partial charge in [-0.2, -0.15) is 5.10 Å². The summed E-state index contributed by atoms with van der Waals surface area (Å²) in [7, 11) is 0. The highest BCUT2D eigenvalue weighted by Crippen LogP contribution is 2.27. The molecule has 0 atom stereocenters. The van der Waals surface area contributed by atoms with E-state index in [-0.39, 0.29) is 11.3 Å². The molecular formula is C17H19F3N4O. The predicted octanol–water partition coefficient (Wildman–Crippen LogP) is 3.87. The molecule has 0 radical (unpaired) electrons. The third-order valence-corrected chi connectivity index (χ3v) is 3.92. The van der Waals surface area contributed by atoms with E-state index in [9.17, 15) is 13.2 Å². The molecule has 25 heavy (non-hydrogen) atoms. The zero-order valence-electron chi connectivity index (χ0n) is 13.6. The summed E-state index contributed by atoms with van der Waals surface area (Å²) in [5, 5.41) is 6.53. The number of hydrogen-bond acceptors (Lipinski definition) is 4. The first-order valence-corrected chi connectivity index (χ1v) is 8.20. The Kier molecular flexibility index (Phi) is 5.25. The van der Waals surface area contributed by atoms with Crippen LogP contribution >= 0.6 is 0 Å². The summed E-state index contributed by atoms with van der Waals surface area (Å²) in [6, 6.07) is 6.02. The Hall–Kier alpha value is -2.51. The maximum atomic E-state index is 12.7. The van der Waals surface area contributed by atoms with Gasteiger partial charge in [0.1, 0.15) is 12.1 Å². The summed E-state index contributed by atoms with van der Waals surface area (Å²) in [6.45, 7) is 1.56. The largest absolute Gasteiger partial charge is 0.573 e. The van der Waals surface area contributed by atoms with Gasteiger partial charge in [-0.3, -0.25) is 9.58 Å². The first-order valence-electron chi connectivity index (χ1n) is 8.20. The molecule has 1 saturated heterocycles. The summed E-state index contributed by atoms with van der Waals surface area (Å²) >= 11 is 0. The number of hydrazone groups is 1. The van der Waals surface area contributed by atoms with Crippen molar-refractivity contribution in [2.24, 2.45) is 5.10 Å². The van der Waals surface area contributed by atoms with Gasteiger partial charge in [0.05, 0.1) is 5.56 Å². The molecule has 1 aliphatic heterocycles. The summed E-state index contributed by atoms with van der Waals surface area (Å²) < 4.78 is 44.0. The van der Waals surface area contributed by atoms with Crippen molar-refractivity contribution in [1.29, 1.82) is 0 Å². The van der Waals surface area contributed by atoms with Crippen molar-refractivity contribution >= 4 is 5.84 Å². The SMILES string of the molecule is FC(F)(F)Oc1ccccc1C(=NN1CCCCCC1)n1ccnc1. The van der Waals surface area contributed by atoms with Gasteiger partial charge < -0.3 is 4.74 Å². The predicted molar refractivity (Wildman–Crippen MR) is 87.3 cm³/mol. The molecule has 8 heteroatoms. The average Bonchev–Trinajstić information content (AvgIpc) is 2.96. The fourth-order valence-electron chi connectivity index (χ4n) is 2.78. The lowest BCUT2D eigenvalue weighted by Gasteiger charge is -2.20. The molecule has 0 N–H and O–H groups in total. The zero-order valence-corrected chi connectivity index (χ0v) is 13.6. The molecule has 2 heterocycles. The lowest BCUT2D eigenvalue weighted by atomic mass is 10.2. The van der Waals surface area contributed by atoms with Crippen molar-refractivity contribution < 1.29 is 17.9 Å². The first kappa shape index (κ1) is 17.3. The van der Waals surface area contributed by atoms with Gasteiger partial charge in [0.2, 0.25) is 0 Å². The molecule has 1 aromatic heterocycles. The van der Waals surface area contributed by atoms with Crippen LogP contribution in [-0.4, -0.2) is 39.8 Å². The highest BCUT2D eigenvalue weighted by atomic mass is 19.4. The molecule has 1 aromatic carbocycles. The Morgan fingerprint density at radius 2 is 1.80 bits per heavy atom. The number of alkyl halides is 3. The van der Waals surface area contributed by atoms with Crippen LogP contribution in [0.1, 0.15) is 31.2 Å². The summed E-state index contributed by atoms with van der Waals surface area (Å²) in [5.74, 6) is 0.0801. The number of nitrogens with zero attached hydrogens (tertiary/aromatic N) is 4. The second kappa shape index (κ2) is 7.58. The van der Waals surface area contributed by atoms with Crippen molar-refractivity contribution in [3.8, 4) is 5.75 Å². The Morgan fingerprint density at radius 3 is 2.44 bits per heavy atom. The fourth-order valence-corrected chi connectivity index (χ4v) is 2.78. The van der Waals surface area contributed by atoms with E-state index in [2.05, 4.69) is 14.8 Å². The molecule has 0 amide bonds. The van der Waals surface area contributed by atoms with Gasteiger partial charge >= 0.3 is 6.36 Å². The standard InChI is InChI=1S/C17H19F3N4O/c18-17(19,20)25-15-8-4-3-7-14(15)16(23-12-9-21-13-23)22-24-10-5-1-2-6-11-24/h3-4,7-9,12-13H,1-2,5-6,10-11H2. The maximum absolute atomic E-state index is 12.7. The van der Waals surface area contributed by atoms with Gasteiger partial charge in [0.15, 0.2) is 5.84 Å². The van der Waals surface area contributed by atoms with E-state index in [0.717, 1.165) is 38.8 Å². The Balaban J connectivity index is 2.01. The van der Waals surface area contributed by atoms with Crippen molar-refractivity contribution in [1.82, 2.24) is 14.6 Å². The first-order chi connectivity index (χ1) is 12.0. The lowest BCUT2D eigenvalue weighted by molar-refractivity contribution is -0.274. The summed E-state index contributed by atoms with van der Waals surface area (Å²) in [5.41, 5.74) is 0.266. The van der Waals surface area contributed by atoms with Crippen molar-refractivity contribution in [2.45, 2.75) is 32.0 Å². The topological polar surface area (TPSA) is 42.6 Å². The van der Waals surface area contributed by atoms with Crippen molar-refractivity contribution in [2.75, 3.05) is 13.1 Å². The van der Waals surface area contributed by atoms with Crippen LogP contribution in [-0.2, 0) is 0 Å². The van der Waals surface area contributed by atoms with E-state index >= 15 is 0 Å². The van der Waals surface area contributed by atoms with E-state index in [1.54, 1.807) is 29.1 Å². The van der Waals surface area contributed by atoms with Gasteiger partial charge in [-0.05, 0) is 25.0 Å². The minimum Gasteiger partial charge on any atom is -0.405 e. The average molecular weight is 352 g/mol. The van der Waals surface area contributed by atoms with Crippen LogP contribution < -0.4 is 4.74 Å². The summed E-state index contributed by atoms with van der Waals surface area (Å²) in [4.78, 5) is 3.99. The van der Waals surface area contributed by atoms with Crippen LogP contribution in [0.5, 0.6) is 5.75 Å². The monoisotopic (exact) mass is 352 g/mol. The Labute approximate surface area is 143 Å². The summed E-state index contributed by atoms with van der Waals surface area (Å²) in [6.07, 6.45) is 4.27. The molecule has 134 valence electrons. The van der Waals surface area contributed by atoms with Crippen LogP contribution in [0.2, 0.25) is 0 Å². The molecule has 0 aliphatic carbocycles.